The zero-order chi connectivity index (χ0) is 11.7. The molecule has 1 heterocycles. The van der Waals surface area contributed by atoms with Gasteiger partial charge < -0.3 is 0 Å². The van der Waals surface area contributed by atoms with Crippen molar-refractivity contribution in [2.75, 3.05) is 0 Å². The molecule has 0 spiro atoms. The molecule has 0 amide bonds. The molecule has 2 heteroatoms. The van der Waals surface area contributed by atoms with E-state index in [1.54, 1.807) is 5.41 Å². The quantitative estimate of drug-likeness (QED) is 0.745. The van der Waals surface area contributed by atoms with Gasteiger partial charge in [0, 0.05) is 5.41 Å². The molecule has 0 radical (unpaired) electrons. The summed E-state index contributed by atoms with van der Waals surface area (Å²) in [6.45, 7) is 0. The van der Waals surface area contributed by atoms with Crippen molar-refractivity contribution in [2.45, 2.75) is 5.25 Å². The second-order valence-electron chi connectivity index (χ2n) is 4.05. The Morgan fingerprint density at radius 2 is 1.59 bits per heavy atom. The van der Waals surface area contributed by atoms with Crippen LogP contribution >= 0.6 is 0 Å². The fourth-order valence-electron chi connectivity index (χ4n) is 2.19. The fraction of sp³-hybridized carbons (Fsp3) is 0.0667. The highest BCUT2D eigenvalue weighted by molar-refractivity contribution is 7.88. The van der Waals surface area contributed by atoms with Gasteiger partial charge in [-0.05, 0) is 22.8 Å². The summed E-state index contributed by atoms with van der Waals surface area (Å²) in [4.78, 5) is 0. The van der Waals surface area contributed by atoms with Crippen LogP contribution in [0.4, 0.5) is 0 Å². The van der Waals surface area contributed by atoms with Crippen LogP contribution in [0.2, 0.25) is 0 Å². The SMILES string of the molecule is O=S1C=Cc2ccccc2C1c1ccccc1. The van der Waals surface area contributed by atoms with Gasteiger partial charge in [-0.1, -0.05) is 54.6 Å². The Labute approximate surface area is 103 Å². The third-order valence-corrected chi connectivity index (χ3v) is 4.39. The molecule has 1 aliphatic heterocycles. The van der Waals surface area contributed by atoms with E-state index >= 15 is 0 Å². The van der Waals surface area contributed by atoms with E-state index in [1.165, 1.54) is 5.56 Å². The molecule has 1 aliphatic rings. The van der Waals surface area contributed by atoms with Gasteiger partial charge in [-0.15, -0.1) is 0 Å². The summed E-state index contributed by atoms with van der Waals surface area (Å²) in [7, 11) is -0.971. The maximum atomic E-state index is 12.2. The van der Waals surface area contributed by atoms with Crippen molar-refractivity contribution in [3.63, 3.8) is 0 Å². The molecular weight excluding hydrogens is 228 g/mol. The lowest BCUT2D eigenvalue weighted by Gasteiger charge is -2.21. The minimum Gasteiger partial charge on any atom is -0.254 e. The van der Waals surface area contributed by atoms with Crippen molar-refractivity contribution in [3.05, 3.63) is 76.7 Å². The number of fused-ring (bicyclic) bond motifs is 1. The Morgan fingerprint density at radius 1 is 0.882 bits per heavy atom. The van der Waals surface area contributed by atoms with Gasteiger partial charge in [0.05, 0.1) is 16.0 Å². The van der Waals surface area contributed by atoms with E-state index in [0.717, 1.165) is 11.1 Å². The van der Waals surface area contributed by atoms with Gasteiger partial charge in [0.15, 0.2) is 0 Å². The lowest BCUT2D eigenvalue weighted by molar-refractivity contribution is 0.683. The summed E-state index contributed by atoms with van der Waals surface area (Å²) >= 11 is 0. The van der Waals surface area contributed by atoms with Crippen LogP contribution in [0.3, 0.4) is 0 Å². The summed E-state index contributed by atoms with van der Waals surface area (Å²) < 4.78 is 12.2. The van der Waals surface area contributed by atoms with Crippen LogP contribution in [-0.4, -0.2) is 4.21 Å². The average Bonchev–Trinajstić information content (AvgIpc) is 2.39. The lowest BCUT2D eigenvalue weighted by atomic mass is 9.99. The van der Waals surface area contributed by atoms with E-state index in [0.29, 0.717) is 0 Å². The molecule has 0 saturated carbocycles. The van der Waals surface area contributed by atoms with Crippen molar-refractivity contribution < 1.29 is 4.21 Å². The average molecular weight is 240 g/mol. The maximum absolute atomic E-state index is 12.2. The molecular formula is C15H12OS. The first-order chi connectivity index (χ1) is 8.36. The topological polar surface area (TPSA) is 17.1 Å². The second-order valence-corrected chi connectivity index (χ2v) is 5.45. The van der Waals surface area contributed by atoms with Crippen LogP contribution in [0, 0.1) is 0 Å². The lowest BCUT2D eigenvalue weighted by Crippen LogP contribution is -2.10. The van der Waals surface area contributed by atoms with Gasteiger partial charge in [-0.3, -0.25) is 4.21 Å². The van der Waals surface area contributed by atoms with E-state index in [1.807, 2.05) is 48.5 Å². The van der Waals surface area contributed by atoms with Gasteiger partial charge in [-0.25, -0.2) is 0 Å². The normalized spacial score (nSPS) is 22.1. The predicted molar refractivity (Wildman–Crippen MR) is 71.9 cm³/mol. The summed E-state index contributed by atoms with van der Waals surface area (Å²) in [6, 6.07) is 18.2. The van der Waals surface area contributed by atoms with E-state index < -0.39 is 10.8 Å². The number of benzene rings is 2. The van der Waals surface area contributed by atoms with Crippen molar-refractivity contribution >= 4 is 16.9 Å². The Hall–Kier alpha value is -1.67. The summed E-state index contributed by atoms with van der Waals surface area (Å²) in [5.74, 6) is 0. The van der Waals surface area contributed by atoms with Gasteiger partial charge in [0.1, 0.15) is 0 Å². The largest absolute Gasteiger partial charge is 0.254 e. The van der Waals surface area contributed by atoms with Gasteiger partial charge in [-0.2, -0.15) is 0 Å². The highest BCUT2D eigenvalue weighted by atomic mass is 32.2. The molecule has 17 heavy (non-hydrogen) atoms. The van der Waals surface area contributed by atoms with Crippen molar-refractivity contribution in [1.82, 2.24) is 0 Å². The molecule has 1 nitrogen and oxygen atoms in total. The van der Waals surface area contributed by atoms with Crippen LogP contribution in [-0.2, 0) is 10.8 Å². The zero-order valence-electron chi connectivity index (χ0n) is 9.24. The molecule has 2 aromatic carbocycles. The van der Waals surface area contributed by atoms with Crippen LogP contribution in [0.25, 0.3) is 6.08 Å². The van der Waals surface area contributed by atoms with E-state index in [2.05, 4.69) is 12.1 Å². The molecule has 0 saturated heterocycles. The molecule has 2 unspecified atom stereocenters. The van der Waals surface area contributed by atoms with Crippen LogP contribution in [0.5, 0.6) is 0 Å². The minimum atomic E-state index is -0.971. The van der Waals surface area contributed by atoms with Gasteiger partial charge >= 0.3 is 0 Å². The van der Waals surface area contributed by atoms with E-state index in [-0.39, 0.29) is 5.25 Å². The van der Waals surface area contributed by atoms with E-state index in [4.69, 9.17) is 0 Å². The Bertz CT molecular complexity index is 587. The number of hydrogen-bond acceptors (Lipinski definition) is 1. The molecule has 0 aromatic heterocycles. The third kappa shape index (κ3) is 1.85. The summed E-state index contributed by atoms with van der Waals surface area (Å²) in [5.41, 5.74) is 3.43. The first-order valence-corrected chi connectivity index (χ1v) is 6.85. The standard InChI is InChI=1S/C15H12OS/c16-17-11-10-12-6-4-5-9-14(12)15(17)13-7-2-1-3-8-13/h1-11,15H. The summed E-state index contributed by atoms with van der Waals surface area (Å²) in [6.07, 6.45) is 1.95. The third-order valence-electron chi connectivity index (χ3n) is 2.99. The second kappa shape index (κ2) is 4.30. The number of hydrogen-bond donors (Lipinski definition) is 0. The highest BCUT2D eigenvalue weighted by Crippen LogP contribution is 2.35. The van der Waals surface area contributed by atoms with Crippen molar-refractivity contribution in [1.29, 1.82) is 0 Å². The van der Waals surface area contributed by atoms with Crippen LogP contribution in [0.1, 0.15) is 21.9 Å². The molecule has 0 aliphatic carbocycles. The molecule has 2 atom stereocenters. The smallest absolute Gasteiger partial charge is 0.0893 e. The molecule has 0 N–H and O–H groups in total. The Morgan fingerprint density at radius 3 is 2.41 bits per heavy atom. The fourth-order valence-corrected chi connectivity index (χ4v) is 3.52. The van der Waals surface area contributed by atoms with E-state index in [9.17, 15) is 4.21 Å². The first-order valence-electron chi connectivity index (χ1n) is 5.58. The molecule has 3 rings (SSSR count). The summed E-state index contributed by atoms with van der Waals surface area (Å²) in [5, 5.41) is 1.76. The maximum Gasteiger partial charge on any atom is 0.0893 e. The molecule has 0 fully saturated rings. The first kappa shape index (κ1) is 10.5. The highest BCUT2D eigenvalue weighted by Gasteiger charge is 2.24. The molecule has 2 aromatic rings. The van der Waals surface area contributed by atoms with Crippen molar-refractivity contribution in [2.24, 2.45) is 0 Å². The van der Waals surface area contributed by atoms with Crippen molar-refractivity contribution in [3.8, 4) is 0 Å². The van der Waals surface area contributed by atoms with Gasteiger partial charge in [0.25, 0.3) is 0 Å². The van der Waals surface area contributed by atoms with Gasteiger partial charge in [0.2, 0.25) is 0 Å². The number of rotatable bonds is 1. The molecule has 0 bridgehead atoms. The monoisotopic (exact) mass is 240 g/mol. The van der Waals surface area contributed by atoms with Crippen LogP contribution < -0.4 is 0 Å². The minimum absolute atomic E-state index is 0.0302. The predicted octanol–water partition coefficient (Wildman–Crippen LogP) is 3.51. The molecule has 84 valence electrons. The Kier molecular flexibility index (Phi) is 2.65. The Balaban J connectivity index is 2.17. The van der Waals surface area contributed by atoms with Crippen LogP contribution in [0.15, 0.2) is 60.0 Å². The zero-order valence-corrected chi connectivity index (χ0v) is 10.1.